The Kier molecular flexibility index (Phi) is 3.78. The highest BCUT2D eigenvalue weighted by Gasteiger charge is 2.10. The third-order valence-electron chi connectivity index (χ3n) is 3.14. The molecule has 0 bridgehead atoms. The van der Waals surface area contributed by atoms with Crippen LogP contribution in [-0.4, -0.2) is 9.55 Å². The summed E-state index contributed by atoms with van der Waals surface area (Å²) in [5.41, 5.74) is 1.83. The summed E-state index contributed by atoms with van der Waals surface area (Å²) < 4.78 is 42.5. The third-order valence-corrected chi connectivity index (χ3v) is 4.29. The molecule has 0 spiro atoms. The molecule has 2 aromatic carbocycles. The van der Waals surface area contributed by atoms with Crippen molar-refractivity contribution >= 4 is 45.8 Å². The number of aromatic amines is 1. The summed E-state index contributed by atoms with van der Waals surface area (Å²) in [5, 5.41) is 0. The Bertz CT molecular complexity index is 901. The van der Waals surface area contributed by atoms with E-state index in [0.29, 0.717) is 24.9 Å². The van der Waals surface area contributed by atoms with Gasteiger partial charge in [-0.15, -0.1) is 0 Å². The minimum Gasteiger partial charge on any atom is -0.331 e. The lowest BCUT2D eigenvalue weighted by Crippen LogP contribution is -2.01. The molecule has 0 fully saturated rings. The van der Waals surface area contributed by atoms with Crippen molar-refractivity contribution in [3.8, 4) is 0 Å². The molecular formula is C14H8F3IN2S. The van der Waals surface area contributed by atoms with Gasteiger partial charge in [-0.05, 0) is 58.6 Å². The number of imidazole rings is 1. The Morgan fingerprint density at radius 2 is 1.81 bits per heavy atom. The summed E-state index contributed by atoms with van der Waals surface area (Å²) in [5.74, 6) is -2.17. The van der Waals surface area contributed by atoms with Gasteiger partial charge < -0.3 is 9.55 Å². The molecule has 0 amide bonds. The SMILES string of the molecule is Fc1ccc(Cn2c(=S)[nH]c3cc(I)c(F)cc32)cc1F. The largest absolute Gasteiger partial charge is 0.331 e. The maximum absolute atomic E-state index is 13.7. The van der Waals surface area contributed by atoms with E-state index in [4.69, 9.17) is 12.2 Å². The van der Waals surface area contributed by atoms with Crippen LogP contribution in [0.3, 0.4) is 0 Å². The molecular weight excluding hydrogens is 412 g/mol. The molecule has 0 radical (unpaired) electrons. The van der Waals surface area contributed by atoms with E-state index >= 15 is 0 Å². The first-order valence-electron chi connectivity index (χ1n) is 5.97. The van der Waals surface area contributed by atoms with E-state index < -0.39 is 11.6 Å². The lowest BCUT2D eigenvalue weighted by molar-refractivity contribution is 0.506. The summed E-state index contributed by atoms with van der Waals surface area (Å²) in [6.07, 6.45) is 0. The van der Waals surface area contributed by atoms with E-state index in [2.05, 4.69) is 4.98 Å². The van der Waals surface area contributed by atoms with E-state index in [9.17, 15) is 13.2 Å². The van der Waals surface area contributed by atoms with Crippen LogP contribution in [0, 0.1) is 25.8 Å². The Labute approximate surface area is 136 Å². The van der Waals surface area contributed by atoms with Gasteiger partial charge in [-0.2, -0.15) is 0 Å². The van der Waals surface area contributed by atoms with Crippen LogP contribution < -0.4 is 0 Å². The number of halogens is 4. The summed E-state index contributed by atoms with van der Waals surface area (Å²) in [6.45, 7) is 0.232. The molecule has 21 heavy (non-hydrogen) atoms. The van der Waals surface area contributed by atoms with Crippen molar-refractivity contribution < 1.29 is 13.2 Å². The molecule has 108 valence electrons. The van der Waals surface area contributed by atoms with Crippen LogP contribution in [0.4, 0.5) is 13.2 Å². The number of H-pyrrole nitrogens is 1. The van der Waals surface area contributed by atoms with E-state index in [1.54, 1.807) is 10.6 Å². The van der Waals surface area contributed by atoms with Crippen molar-refractivity contribution in [2.24, 2.45) is 0 Å². The lowest BCUT2D eigenvalue weighted by atomic mass is 10.2. The van der Waals surface area contributed by atoms with E-state index in [0.717, 1.165) is 12.1 Å². The molecule has 2 nitrogen and oxygen atoms in total. The quantitative estimate of drug-likeness (QED) is 0.468. The summed E-state index contributed by atoms with van der Waals surface area (Å²) >= 11 is 7.11. The van der Waals surface area contributed by atoms with Gasteiger partial charge in [-0.25, -0.2) is 13.2 Å². The average Bonchev–Trinajstić information content (AvgIpc) is 2.71. The maximum atomic E-state index is 13.7. The van der Waals surface area contributed by atoms with Crippen molar-refractivity contribution in [2.45, 2.75) is 6.54 Å². The summed E-state index contributed by atoms with van der Waals surface area (Å²) in [7, 11) is 0. The van der Waals surface area contributed by atoms with Gasteiger partial charge in [-0.3, -0.25) is 0 Å². The zero-order valence-electron chi connectivity index (χ0n) is 10.5. The topological polar surface area (TPSA) is 20.7 Å². The number of benzene rings is 2. The minimum absolute atomic E-state index is 0.232. The summed E-state index contributed by atoms with van der Waals surface area (Å²) in [6, 6.07) is 6.68. The molecule has 0 saturated carbocycles. The van der Waals surface area contributed by atoms with Crippen LogP contribution in [0.25, 0.3) is 11.0 Å². The molecule has 1 N–H and O–H groups in total. The van der Waals surface area contributed by atoms with Crippen LogP contribution in [0.1, 0.15) is 5.56 Å². The Morgan fingerprint density at radius 1 is 1.05 bits per heavy atom. The number of nitrogens with zero attached hydrogens (tertiary/aromatic N) is 1. The van der Waals surface area contributed by atoms with Crippen molar-refractivity contribution in [3.63, 3.8) is 0 Å². The highest BCUT2D eigenvalue weighted by Crippen LogP contribution is 2.22. The molecule has 3 aromatic rings. The molecule has 0 aliphatic rings. The molecule has 3 rings (SSSR count). The fourth-order valence-electron chi connectivity index (χ4n) is 2.13. The smallest absolute Gasteiger partial charge is 0.178 e. The van der Waals surface area contributed by atoms with Gasteiger partial charge in [0.05, 0.1) is 21.1 Å². The third kappa shape index (κ3) is 2.71. The van der Waals surface area contributed by atoms with Gasteiger partial charge in [-0.1, -0.05) is 6.07 Å². The van der Waals surface area contributed by atoms with Crippen molar-refractivity contribution in [1.29, 1.82) is 0 Å². The van der Waals surface area contributed by atoms with Crippen molar-refractivity contribution in [3.05, 3.63) is 61.7 Å². The van der Waals surface area contributed by atoms with E-state index in [1.807, 2.05) is 22.6 Å². The number of fused-ring (bicyclic) bond motifs is 1. The fourth-order valence-corrected chi connectivity index (χ4v) is 2.87. The Morgan fingerprint density at radius 3 is 2.52 bits per heavy atom. The molecule has 1 heterocycles. The highest BCUT2D eigenvalue weighted by molar-refractivity contribution is 14.1. The first-order chi connectivity index (χ1) is 9.95. The van der Waals surface area contributed by atoms with E-state index in [1.165, 1.54) is 12.1 Å². The van der Waals surface area contributed by atoms with Crippen LogP contribution in [0.2, 0.25) is 0 Å². The molecule has 0 atom stereocenters. The minimum atomic E-state index is -0.917. The maximum Gasteiger partial charge on any atom is 0.178 e. The van der Waals surface area contributed by atoms with E-state index in [-0.39, 0.29) is 12.4 Å². The number of rotatable bonds is 2. The Balaban J connectivity index is 2.11. The number of hydrogen-bond donors (Lipinski definition) is 1. The fraction of sp³-hybridized carbons (Fsp3) is 0.0714. The second-order valence-electron chi connectivity index (χ2n) is 4.55. The molecule has 7 heteroatoms. The first kappa shape index (κ1) is 14.6. The number of aromatic nitrogens is 2. The standard InChI is InChI=1S/C14H8F3IN2S/c15-8-2-1-7(3-9(8)16)6-20-13-4-10(17)11(18)5-12(13)19-14(20)21/h1-5H,6H2,(H,19,21). The van der Waals surface area contributed by atoms with Gasteiger partial charge in [0.25, 0.3) is 0 Å². The van der Waals surface area contributed by atoms with Crippen LogP contribution in [0.5, 0.6) is 0 Å². The van der Waals surface area contributed by atoms with Gasteiger partial charge in [0.2, 0.25) is 0 Å². The predicted molar refractivity (Wildman–Crippen MR) is 85.3 cm³/mol. The van der Waals surface area contributed by atoms with Gasteiger partial charge in [0.1, 0.15) is 5.82 Å². The molecule has 0 aliphatic carbocycles. The zero-order chi connectivity index (χ0) is 15.1. The molecule has 0 unspecified atom stereocenters. The zero-order valence-corrected chi connectivity index (χ0v) is 13.4. The number of nitrogens with one attached hydrogen (secondary N) is 1. The average molecular weight is 420 g/mol. The lowest BCUT2D eigenvalue weighted by Gasteiger charge is -2.06. The monoisotopic (exact) mass is 420 g/mol. The number of hydrogen-bond acceptors (Lipinski definition) is 1. The predicted octanol–water partition coefficient (Wildman–Crippen LogP) is 4.77. The van der Waals surface area contributed by atoms with Crippen LogP contribution in [0.15, 0.2) is 30.3 Å². The molecule has 0 saturated heterocycles. The van der Waals surface area contributed by atoms with Crippen molar-refractivity contribution in [1.82, 2.24) is 9.55 Å². The van der Waals surface area contributed by atoms with Gasteiger partial charge >= 0.3 is 0 Å². The van der Waals surface area contributed by atoms with Gasteiger partial charge in [0, 0.05) is 6.07 Å². The van der Waals surface area contributed by atoms with Crippen LogP contribution >= 0.6 is 34.8 Å². The van der Waals surface area contributed by atoms with Crippen LogP contribution in [-0.2, 0) is 6.54 Å². The summed E-state index contributed by atoms with van der Waals surface area (Å²) in [4.78, 5) is 2.98. The molecule has 1 aromatic heterocycles. The highest BCUT2D eigenvalue weighted by atomic mass is 127. The second-order valence-corrected chi connectivity index (χ2v) is 6.10. The Hall–Kier alpha value is -1.35. The second kappa shape index (κ2) is 5.45. The molecule has 0 aliphatic heterocycles. The van der Waals surface area contributed by atoms with Gasteiger partial charge in [0.15, 0.2) is 16.4 Å². The first-order valence-corrected chi connectivity index (χ1v) is 7.46. The van der Waals surface area contributed by atoms with Crippen molar-refractivity contribution in [2.75, 3.05) is 0 Å². The normalized spacial score (nSPS) is 11.2.